The lowest BCUT2D eigenvalue weighted by atomic mass is 10.1. The molecule has 0 fully saturated rings. The van der Waals surface area contributed by atoms with Gasteiger partial charge < -0.3 is 19.2 Å². The average Bonchev–Trinajstić information content (AvgIpc) is 2.95. The first-order chi connectivity index (χ1) is 11.8. The second kappa shape index (κ2) is 6.27. The number of benzene rings is 1. The fourth-order valence-corrected chi connectivity index (χ4v) is 2.37. The lowest BCUT2D eigenvalue weighted by Crippen LogP contribution is -2.22. The number of ether oxygens (including phenoxy) is 1. The smallest absolute Gasteiger partial charge is 0.335 e. The molecule has 1 N–H and O–H groups in total. The number of rotatable bonds is 4. The molecule has 7 nitrogen and oxygen atoms in total. The monoisotopic (exact) mass is 340 g/mol. The number of aromatic carboxylic acids is 1. The van der Waals surface area contributed by atoms with Crippen molar-refractivity contribution in [2.75, 3.05) is 14.1 Å². The highest BCUT2D eigenvalue weighted by Gasteiger charge is 2.15. The molecule has 0 saturated carbocycles. The summed E-state index contributed by atoms with van der Waals surface area (Å²) in [5.41, 5.74) is 0.782. The van der Waals surface area contributed by atoms with Gasteiger partial charge in [0.25, 0.3) is 5.91 Å². The van der Waals surface area contributed by atoms with Crippen LogP contribution in [0.1, 0.15) is 26.6 Å². The predicted octanol–water partition coefficient (Wildman–Crippen LogP) is 3.33. The molecule has 2 aromatic heterocycles. The van der Waals surface area contributed by atoms with Crippen LogP contribution in [0.15, 0.2) is 40.9 Å². The van der Waals surface area contributed by atoms with Crippen LogP contribution in [0.25, 0.3) is 11.0 Å². The lowest BCUT2D eigenvalue weighted by Gasteiger charge is -2.10. The van der Waals surface area contributed by atoms with E-state index in [9.17, 15) is 14.7 Å². The molecule has 0 aliphatic carbocycles. The van der Waals surface area contributed by atoms with Gasteiger partial charge in [0.1, 0.15) is 28.5 Å². The molecule has 3 rings (SSSR count). The standard InChI is InChI=1S/C18H16N2O5/c1-10-6-13-15(24-10)7-11(18(22)23)8-16(13)25-12-4-5-14(19-9-12)17(21)20(2)3/h4-9H,1-3H3,(H,22,23). The minimum absolute atomic E-state index is 0.0595. The Labute approximate surface area is 143 Å². The Kier molecular flexibility index (Phi) is 4.14. The van der Waals surface area contributed by atoms with E-state index < -0.39 is 5.97 Å². The number of aryl methyl sites for hydroxylation is 1. The summed E-state index contributed by atoms with van der Waals surface area (Å²) >= 11 is 0. The Balaban J connectivity index is 1.97. The summed E-state index contributed by atoms with van der Waals surface area (Å²) in [5.74, 6) is 0.0869. The van der Waals surface area contributed by atoms with Gasteiger partial charge >= 0.3 is 5.97 Å². The van der Waals surface area contributed by atoms with Crippen molar-refractivity contribution in [2.45, 2.75) is 6.92 Å². The maximum atomic E-state index is 11.9. The summed E-state index contributed by atoms with van der Waals surface area (Å²) in [6, 6.07) is 7.81. The number of amides is 1. The first-order valence-electron chi connectivity index (χ1n) is 7.48. The van der Waals surface area contributed by atoms with E-state index >= 15 is 0 Å². The molecule has 0 aliphatic heterocycles. The molecule has 0 spiro atoms. The Morgan fingerprint density at radius 1 is 1.20 bits per heavy atom. The van der Waals surface area contributed by atoms with Gasteiger partial charge in [-0.15, -0.1) is 0 Å². The number of carbonyl (C=O) groups excluding carboxylic acids is 1. The summed E-state index contributed by atoms with van der Waals surface area (Å²) in [4.78, 5) is 28.7. The minimum atomic E-state index is -1.08. The van der Waals surface area contributed by atoms with E-state index in [1.807, 2.05) is 0 Å². The molecule has 0 radical (unpaired) electrons. The molecule has 0 atom stereocenters. The molecule has 2 heterocycles. The fraction of sp³-hybridized carbons (Fsp3) is 0.167. The third-order valence-corrected chi connectivity index (χ3v) is 3.56. The molecular formula is C18H16N2O5. The molecule has 1 aromatic carbocycles. The Bertz CT molecular complexity index is 958. The first-order valence-corrected chi connectivity index (χ1v) is 7.48. The lowest BCUT2D eigenvalue weighted by molar-refractivity contribution is 0.0696. The summed E-state index contributed by atoms with van der Waals surface area (Å²) in [6.45, 7) is 1.77. The van der Waals surface area contributed by atoms with Crippen LogP contribution in [-0.2, 0) is 0 Å². The highest BCUT2D eigenvalue weighted by atomic mass is 16.5. The minimum Gasteiger partial charge on any atom is -0.478 e. The van der Waals surface area contributed by atoms with E-state index in [0.29, 0.717) is 33.9 Å². The van der Waals surface area contributed by atoms with Gasteiger partial charge in [-0.2, -0.15) is 0 Å². The Hall–Kier alpha value is -3.35. The number of carbonyl (C=O) groups is 2. The molecule has 7 heteroatoms. The van der Waals surface area contributed by atoms with Crippen LogP contribution in [-0.4, -0.2) is 41.0 Å². The summed E-state index contributed by atoms with van der Waals surface area (Å²) < 4.78 is 11.3. The number of hydrogen-bond acceptors (Lipinski definition) is 5. The molecular weight excluding hydrogens is 324 g/mol. The van der Waals surface area contributed by atoms with Crippen LogP contribution in [0.2, 0.25) is 0 Å². The molecule has 0 unspecified atom stereocenters. The van der Waals surface area contributed by atoms with Crippen LogP contribution >= 0.6 is 0 Å². The van der Waals surface area contributed by atoms with E-state index in [0.717, 1.165) is 0 Å². The van der Waals surface area contributed by atoms with E-state index in [1.165, 1.54) is 23.2 Å². The van der Waals surface area contributed by atoms with Crippen molar-refractivity contribution in [3.63, 3.8) is 0 Å². The van der Waals surface area contributed by atoms with Gasteiger partial charge in [-0.1, -0.05) is 0 Å². The zero-order chi connectivity index (χ0) is 18.1. The normalized spacial score (nSPS) is 10.7. The van der Waals surface area contributed by atoms with Crippen molar-refractivity contribution < 1.29 is 23.8 Å². The van der Waals surface area contributed by atoms with Gasteiger partial charge in [-0.3, -0.25) is 4.79 Å². The van der Waals surface area contributed by atoms with Crippen LogP contribution in [0.4, 0.5) is 0 Å². The van der Waals surface area contributed by atoms with Gasteiger partial charge in [0.2, 0.25) is 0 Å². The van der Waals surface area contributed by atoms with Gasteiger partial charge in [0, 0.05) is 14.1 Å². The van der Waals surface area contributed by atoms with Crippen molar-refractivity contribution in [3.8, 4) is 11.5 Å². The Morgan fingerprint density at radius 2 is 1.96 bits per heavy atom. The van der Waals surface area contributed by atoms with Gasteiger partial charge in [-0.05, 0) is 37.3 Å². The van der Waals surface area contributed by atoms with Gasteiger partial charge in [0.15, 0.2) is 0 Å². The van der Waals surface area contributed by atoms with Crippen LogP contribution in [0.3, 0.4) is 0 Å². The number of pyridine rings is 1. The van der Waals surface area contributed by atoms with Crippen molar-refractivity contribution in [1.82, 2.24) is 9.88 Å². The van der Waals surface area contributed by atoms with Crippen LogP contribution in [0.5, 0.6) is 11.5 Å². The van der Waals surface area contributed by atoms with Crippen molar-refractivity contribution in [1.29, 1.82) is 0 Å². The van der Waals surface area contributed by atoms with Crippen molar-refractivity contribution in [2.24, 2.45) is 0 Å². The number of carboxylic acids is 1. The first kappa shape index (κ1) is 16.5. The number of fused-ring (bicyclic) bond motifs is 1. The highest BCUT2D eigenvalue weighted by molar-refractivity contribution is 5.96. The van der Waals surface area contributed by atoms with E-state index in [1.54, 1.807) is 39.2 Å². The third-order valence-electron chi connectivity index (χ3n) is 3.56. The SMILES string of the molecule is Cc1cc2c(Oc3ccc(C(=O)N(C)C)nc3)cc(C(=O)O)cc2o1. The number of hydrogen-bond donors (Lipinski definition) is 1. The van der Waals surface area contributed by atoms with Crippen molar-refractivity contribution >= 4 is 22.8 Å². The fourth-order valence-electron chi connectivity index (χ4n) is 2.37. The van der Waals surface area contributed by atoms with E-state index in [4.69, 9.17) is 9.15 Å². The maximum Gasteiger partial charge on any atom is 0.335 e. The zero-order valence-electron chi connectivity index (χ0n) is 13.9. The zero-order valence-corrected chi connectivity index (χ0v) is 13.9. The van der Waals surface area contributed by atoms with E-state index in [2.05, 4.69) is 4.98 Å². The van der Waals surface area contributed by atoms with Crippen LogP contribution in [0, 0.1) is 6.92 Å². The summed E-state index contributed by atoms with van der Waals surface area (Å²) in [5, 5.41) is 9.90. The third kappa shape index (κ3) is 3.30. The quantitative estimate of drug-likeness (QED) is 0.783. The Morgan fingerprint density at radius 3 is 2.56 bits per heavy atom. The molecule has 0 aliphatic rings. The maximum absolute atomic E-state index is 11.9. The number of carboxylic acid groups (broad SMARTS) is 1. The molecule has 25 heavy (non-hydrogen) atoms. The number of aromatic nitrogens is 1. The molecule has 0 bridgehead atoms. The van der Waals surface area contributed by atoms with E-state index in [-0.39, 0.29) is 11.5 Å². The number of nitrogens with zero attached hydrogens (tertiary/aromatic N) is 2. The summed E-state index contributed by atoms with van der Waals surface area (Å²) in [6.07, 6.45) is 1.42. The van der Waals surface area contributed by atoms with Gasteiger partial charge in [0.05, 0.1) is 17.1 Å². The largest absolute Gasteiger partial charge is 0.478 e. The second-order valence-corrected chi connectivity index (χ2v) is 5.73. The molecule has 0 saturated heterocycles. The summed E-state index contributed by atoms with van der Waals surface area (Å²) in [7, 11) is 3.29. The topological polar surface area (TPSA) is 92.9 Å². The molecule has 1 amide bonds. The second-order valence-electron chi connectivity index (χ2n) is 5.73. The molecule has 3 aromatic rings. The predicted molar refractivity (Wildman–Crippen MR) is 90.2 cm³/mol. The van der Waals surface area contributed by atoms with Crippen molar-refractivity contribution in [3.05, 3.63) is 53.5 Å². The number of furan rings is 1. The average molecular weight is 340 g/mol. The van der Waals surface area contributed by atoms with Crippen LogP contribution < -0.4 is 4.74 Å². The highest BCUT2D eigenvalue weighted by Crippen LogP contribution is 2.33. The molecule has 128 valence electrons. The van der Waals surface area contributed by atoms with Gasteiger partial charge in [-0.25, -0.2) is 9.78 Å².